The van der Waals surface area contributed by atoms with E-state index in [1.807, 2.05) is 0 Å². The van der Waals surface area contributed by atoms with E-state index in [1.165, 1.54) is 12.1 Å². The number of nitrogens with one attached hydrogen (secondary N) is 1. The minimum Gasteiger partial charge on any atom is -0.312 e. The second-order valence-corrected chi connectivity index (χ2v) is 4.55. The first-order valence-electron chi connectivity index (χ1n) is 5.02. The van der Waals surface area contributed by atoms with Crippen LogP contribution in [0.25, 0.3) is 0 Å². The molecule has 0 aliphatic rings. The van der Waals surface area contributed by atoms with Gasteiger partial charge in [-0.3, -0.25) is 0 Å². The predicted octanol–water partition coefficient (Wildman–Crippen LogP) is 3.04. The van der Waals surface area contributed by atoms with Crippen molar-refractivity contribution >= 4 is 11.8 Å². The quantitative estimate of drug-likeness (QED) is 0.664. The smallest absolute Gasteiger partial charge is 0.312 e. The molecular formula is C11H10F4N2S. The van der Waals surface area contributed by atoms with Crippen LogP contribution in [0, 0.1) is 17.1 Å². The van der Waals surface area contributed by atoms with Crippen LogP contribution in [-0.2, 0) is 6.54 Å². The van der Waals surface area contributed by atoms with Gasteiger partial charge in [0.05, 0.1) is 11.6 Å². The van der Waals surface area contributed by atoms with Crippen LogP contribution in [0.5, 0.6) is 0 Å². The number of halogens is 4. The molecule has 0 unspecified atom stereocenters. The summed E-state index contributed by atoms with van der Waals surface area (Å²) in [5, 5.41) is 11.2. The lowest BCUT2D eigenvalue weighted by Gasteiger charge is -2.07. The van der Waals surface area contributed by atoms with Crippen molar-refractivity contribution in [1.29, 1.82) is 5.26 Å². The molecule has 18 heavy (non-hydrogen) atoms. The van der Waals surface area contributed by atoms with Gasteiger partial charge in [0.2, 0.25) is 0 Å². The fraction of sp³-hybridized carbons (Fsp3) is 0.364. The second-order valence-electron chi connectivity index (χ2n) is 3.39. The first-order chi connectivity index (χ1) is 8.42. The maximum atomic E-state index is 13.4. The Morgan fingerprint density at radius 3 is 2.61 bits per heavy atom. The van der Waals surface area contributed by atoms with Crippen LogP contribution in [0.15, 0.2) is 18.2 Å². The maximum Gasteiger partial charge on any atom is 0.441 e. The van der Waals surface area contributed by atoms with E-state index in [0.717, 1.165) is 6.07 Å². The zero-order chi connectivity index (χ0) is 13.6. The van der Waals surface area contributed by atoms with Crippen molar-refractivity contribution in [3.05, 3.63) is 35.1 Å². The van der Waals surface area contributed by atoms with E-state index in [4.69, 9.17) is 5.26 Å². The van der Waals surface area contributed by atoms with E-state index >= 15 is 0 Å². The molecule has 0 fully saturated rings. The molecule has 0 heterocycles. The van der Waals surface area contributed by atoms with Gasteiger partial charge in [0.1, 0.15) is 5.82 Å². The van der Waals surface area contributed by atoms with Gasteiger partial charge in [-0.1, -0.05) is 6.07 Å². The number of nitriles is 1. The average molecular weight is 278 g/mol. The minimum absolute atomic E-state index is 0.120. The first-order valence-corrected chi connectivity index (χ1v) is 6.01. The molecule has 1 N–H and O–H groups in total. The molecule has 1 aromatic carbocycles. The third-order valence-electron chi connectivity index (χ3n) is 2.04. The lowest BCUT2D eigenvalue weighted by Crippen LogP contribution is -2.19. The standard InChI is InChI=1S/C11H10F4N2S/c12-10-5-8(6-16)1-2-9(10)7-17-3-4-18-11(13,14)15/h1-2,5,17H,3-4,7H2. The highest BCUT2D eigenvalue weighted by molar-refractivity contribution is 8.00. The Labute approximate surface area is 106 Å². The molecule has 0 atom stereocenters. The molecule has 7 heteroatoms. The van der Waals surface area contributed by atoms with Crippen molar-refractivity contribution in [2.24, 2.45) is 0 Å². The van der Waals surface area contributed by atoms with Crippen LogP contribution >= 0.6 is 11.8 Å². The van der Waals surface area contributed by atoms with Crippen molar-refractivity contribution in [2.45, 2.75) is 12.1 Å². The Bertz CT molecular complexity index is 440. The molecule has 0 aliphatic carbocycles. The van der Waals surface area contributed by atoms with Gasteiger partial charge < -0.3 is 5.32 Å². The fourth-order valence-electron chi connectivity index (χ4n) is 1.22. The van der Waals surface area contributed by atoms with Crippen molar-refractivity contribution in [3.8, 4) is 6.07 Å². The van der Waals surface area contributed by atoms with Gasteiger partial charge in [-0.25, -0.2) is 4.39 Å². The lowest BCUT2D eigenvalue weighted by molar-refractivity contribution is -0.0327. The summed E-state index contributed by atoms with van der Waals surface area (Å²) in [7, 11) is 0. The highest BCUT2D eigenvalue weighted by atomic mass is 32.2. The summed E-state index contributed by atoms with van der Waals surface area (Å²) in [5.74, 6) is -0.661. The molecule has 0 aliphatic heterocycles. The summed E-state index contributed by atoms with van der Waals surface area (Å²) in [6.45, 7) is 0.263. The zero-order valence-corrected chi connectivity index (χ0v) is 10.0. The first kappa shape index (κ1) is 14.8. The van der Waals surface area contributed by atoms with E-state index in [0.29, 0.717) is 5.56 Å². The molecule has 0 bridgehead atoms. The second kappa shape index (κ2) is 6.61. The number of hydrogen-bond donors (Lipinski definition) is 1. The summed E-state index contributed by atoms with van der Waals surface area (Å²) in [5.41, 5.74) is -3.70. The van der Waals surface area contributed by atoms with E-state index in [1.54, 1.807) is 6.07 Å². The van der Waals surface area contributed by atoms with Crippen LogP contribution in [0.4, 0.5) is 17.6 Å². The zero-order valence-electron chi connectivity index (χ0n) is 9.22. The Hall–Kier alpha value is -1.26. The molecule has 0 aromatic heterocycles. The molecular weight excluding hydrogens is 268 g/mol. The molecule has 0 spiro atoms. The Kier molecular flexibility index (Phi) is 5.44. The van der Waals surface area contributed by atoms with Gasteiger partial charge in [-0.15, -0.1) is 0 Å². The van der Waals surface area contributed by atoms with Crippen LogP contribution in [0.2, 0.25) is 0 Å². The maximum absolute atomic E-state index is 13.4. The van der Waals surface area contributed by atoms with Crippen molar-refractivity contribution < 1.29 is 17.6 Å². The van der Waals surface area contributed by atoms with Gasteiger partial charge in [-0.2, -0.15) is 18.4 Å². The molecule has 98 valence electrons. The van der Waals surface area contributed by atoms with Gasteiger partial charge in [0.25, 0.3) is 0 Å². The summed E-state index contributed by atoms with van der Waals surface area (Å²) >= 11 is -0.120. The topological polar surface area (TPSA) is 35.8 Å². The van der Waals surface area contributed by atoms with Crippen LogP contribution in [-0.4, -0.2) is 17.8 Å². The third-order valence-corrected chi connectivity index (χ3v) is 2.78. The summed E-state index contributed by atoms with van der Waals surface area (Å²) in [6, 6.07) is 5.80. The number of rotatable bonds is 5. The van der Waals surface area contributed by atoms with Gasteiger partial charge >= 0.3 is 5.51 Å². The Morgan fingerprint density at radius 1 is 1.33 bits per heavy atom. The third kappa shape index (κ3) is 5.38. The number of thioether (sulfide) groups is 1. The molecule has 0 saturated heterocycles. The van der Waals surface area contributed by atoms with Crippen LogP contribution < -0.4 is 5.32 Å². The van der Waals surface area contributed by atoms with Gasteiger partial charge in [0.15, 0.2) is 0 Å². The number of alkyl halides is 3. The Balaban J connectivity index is 2.34. The number of benzene rings is 1. The van der Waals surface area contributed by atoms with E-state index in [9.17, 15) is 17.6 Å². The molecule has 1 aromatic rings. The predicted molar refractivity (Wildman–Crippen MR) is 61.3 cm³/mol. The minimum atomic E-state index is -4.23. The number of nitrogens with zero attached hydrogens (tertiary/aromatic N) is 1. The van der Waals surface area contributed by atoms with E-state index < -0.39 is 11.3 Å². The average Bonchev–Trinajstić information content (AvgIpc) is 2.29. The van der Waals surface area contributed by atoms with Crippen molar-refractivity contribution in [3.63, 3.8) is 0 Å². The SMILES string of the molecule is N#Cc1ccc(CNCCSC(F)(F)F)c(F)c1. The Morgan fingerprint density at radius 2 is 2.06 bits per heavy atom. The summed E-state index contributed by atoms with van der Waals surface area (Å²) in [6.07, 6.45) is 0. The number of hydrogen-bond acceptors (Lipinski definition) is 3. The lowest BCUT2D eigenvalue weighted by atomic mass is 10.1. The monoisotopic (exact) mass is 278 g/mol. The van der Waals surface area contributed by atoms with E-state index in [2.05, 4.69) is 5.32 Å². The fourth-order valence-corrected chi connectivity index (χ4v) is 1.70. The molecule has 0 radical (unpaired) electrons. The van der Waals surface area contributed by atoms with Crippen LogP contribution in [0.3, 0.4) is 0 Å². The van der Waals surface area contributed by atoms with Gasteiger partial charge in [-0.05, 0) is 23.9 Å². The summed E-state index contributed by atoms with van der Waals surface area (Å²) < 4.78 is 48.8. The normalized spacial score (nSPS) is 11.3. The molecule has 0 amide bonds. The summed E-state index contributed by atoms with van der Waals surface area (Å²) in [4.78, 5) is 0. The largest absolute Gasteiger partial charge is 0.441 e. The molecule has 2 nitrogen and oxygen atoms in total. The van der Waals surface area contributed by atoms with Crippen molar-refractivity contribution in [2.75, 3.05) is 12.3 Å². The van der Waals surface area contributed by atoms with E-state index in [-0.39, 0.29) is 36.2 Å². The molecule has 0 saturated carbocycles. The van der Waals surface area contributed by atoms with Crippen LogP contribution in [0.1, 0.15) is 11.1 Å². The highest BCUT2D eigenvalue weighted by Gasteiger charge is 2.27. The van der Waals surface area contributed by atoms with Gasteiger partial charge in [0, 0.05) is 24.4 Å². The molecule has 1 rings (SSSR count). The van der Waals surface area contributed by atoms with Crippen molar-refractivity contribution in [1.82, 2.24) is 5.32 Å². The highest BCUT2D eigenvalue weighted by Crippen LogP contribution is 2.29.